The van der Waals surface area contributed by atoms with Crippen LogP contribution in [0.3, 0.4) is 0 Å². The summed E-state index contributed by atoms with van der Waals surface area (Å²) in [4.78, 5) is 0. The molecule has 0 spiro atoms. The van der Waals surface area contributed by atoms with Crippen molar-refractivity contribution in [1.29, 1.82) is 0 Å². The second kappa shape index (κ2) is 4.85. The lowest BCUT2D eigenvalue weighted by atomic mass is 10.6. The van der Waals surface area contributed by atoms with E-state index in [1.54, 1.807) is 0 Å². The Morgan fingerprint density at radius 3 is 2.14 bits per heavy atom. The van der Waals surface area contributed by atoms with Gasteiger partial charge in [-0.05, 0) is 11.5 Å². The molecule has 0 aliphatic rings. The van der Waals surface area contributed by atoms with Gasteiger partial charge in [0.25, 0.3) is 0 Å². The zero-order chi connectivity index (χ0) is 5.70. The van der Waals surface area contributed by atoms with Crippen LogP contribution in [0.15, 0.2) is 0 Å². The Morgan fingerprint density at radius 2 is 2.00 bits per heavy atom. The number of hydrogen-bond donors (Lipinski definition) is 0. The summed E-state index contributed by atoms with van der Waals surface area (Å²) in [5, 5.41) is 2.03. The van der Waals surface area contributed by atoms with E-state index in [2.05, 4.69) is 20.1 Å². The normalized spacial score (nSPS) is 10.3. The molecular formula is C5H12S2. The van der Waals surface area contributed by atoms with Crippen molar-refractivity contribution in [2.24, 2.45) is 0 Å². The van der Waals surface area contributed by atoms with Crippen LogP contribution in [0.25, 0.3) is 0 Å². The summed E-state index contributed by atoms with van der Waals surface area (Å²) in [6, 6.07) is 0. The Hall–Kier alpha value is 0.700. The molecule has 0 rings (SSSR count). The monoisotopic (exact) mass is 136 g/mol. The van der Waals surface area contributed by atoms with Gasteiger partial charge in [0.15, 0.2) is 0 Å². The third-order valence-electron chi connectivity index (χ3n) is 0.519. The van der Waals surface area contributed by atoms with E-state index in [-0.39, 0.29) is 0 Å². The molecule has 0 amide bonds. The first kappa shape index (κ1) is 7.70. The predicted molar refractivity (Wildman–Crippen MR) is 41.1 cm³/mol. The van der Waals surface area contributed by atoms with Crippen LogP contribution < -0.4 is 0 Å². The first-order valence-electron chi connectivity index (χ1n) is 2.38. The number of hydrogen-bond acceptors (Lipinski definition) is 2. The van der Waals surface area contributed by atoms with Crippen LogP contribution in [0.2, 0.25) is 0 Å². The number of rotatable bonds is 3. The fraction of sp³-hybridized carbons (Fsp3) is 1.00. The summed E-state index contributed by atoms with van der Waals surface area (Å²) < 4.78 is 0. The number of thioether (sulfide) groups is 2. The Morgan fingerprint density at radius 1 is 1.43 bits per heavy atom. The van der Waals surface area contributed by atoms with Crippen molar-refractivity contribution in [3.05, 3.63) is 0 Å². The molecule has 0 aliphatic heterocycles. The smallest absolute Gasteiger partial charge is 0.0391 e. The molecule has 0 saturated heterocycles. The zero-order valence-corrected chi connectivity index (χ0v) is 6.73. The average Bonchev–Trinajstić information content (AvgIpc) is 1.61. The molecule has 0 unspecified atom stereocenters. The van der Waals surface area contributed by atoms with Crippen molar-refractivity contribution in [2.45, 2.75) is 19.1 Å². The predicted octanol–water partition coefficient (Wildman–Crippen LogP) is 2.45. The standard InChI is InChI=1S/C5H12S2/c1-5(2)7-4-6-3/h5H,4H2,1-3H3. The van der Waals surface area contributed by atoms with Crippen LogP contribution in [0.4, 0.5) is 0 Å². The highest BCUT2D eigenvalue weighted by atomic mass is 32.2. The molecule has 0 aromatic rings. The van der Waals surface area contributed by atoms with E-state index in [4.69, 9.17) is 0 Å². The maximum Gasteiger partial charge on any atom is 0.0391 e. The molecule has 0 aromatic heterocycles. The molecular weight excluding hydrogens is 124 g/mol. The Labute approximate surface area is 54.4 Å². The second-order valence-corrected chi connectivity index (χ2v) is 4.42. The summed E-state index contributed by atoms with van der Waals surface area (Å²) in [5.41, 5.74) is 0. The maximum absolute atomic E-state index is 2.22. The lowest BCUT2D eigenvalue weighted by Crippen LogP contribution is -1.84. The van der Waals surface area contributed by atoms with E-state index in [0.29, 0.717) is 0 Å². The molecule has 0 heterocycles. The van der Waals surface area contributed by atoms with Crippen LogP contribution in [-0.2, 0) is 0 Å². The molecule has 0 bridgehead atoms. The van der Waals surface area contributed by atoms with Gasteiger partial charge in [-0.2, -0.15) is 11.8 Å². The molecule has 0 saturated carbocycles. The van der Waals surface area contributed by atoms with E-state index in [0.717, 1.165) is 5.25 Å². The first-order valence-corrected chi connectivity index (χ1v) is 4.82. The van der Waals surface area contributed by atoms with E-state index in [1.165, 1.54) is 5.08 Å². The van der Waals surface area contributed by atoms with Crippen molar-refractivity contribution < 1.29 is 0 Å². The minimum Gasteiger partial charge on any atom is -0.154 e. The molecule has 0 fully saturated rings. The molecule has 0 aliphatic carbocycles. The van der Waals surface area contributed by atoms with E-state index >= 15 is 0 Å². The van der Waals surface area contributed by atoms with Gasteiger partial charge in [-0.1, -0.05) is 13.8 Å². The highest BCUT2D eigenvalue weighted by Gasteiger charge is 1.88. The summed E-state index contributed by atoms with van der Waals surface area (Å²) in [6.45, 7) is 4.45. The lowest BCUT2D eigenvalue weighted by Gasteiger charge is -1.99. The quantitative estimate of drug-likeness (QED) is 0.547. The molecule has 0 aromatic carbocycles. The Bertz CT molecular complexity index is 35.1. The fourth-order valence-corrected chi connectivity index (χ4v) is 1.84. The first-order chi connectivity index (χ1) is 3.27. The largest absolute Gasteiger partial charge is 0.154 e. The molecule has 0 atom stereocenters. The minimum atomic E-state index is 0.799. The average molecular weight is 136 g/mol. The summed E-state index contributed by atoms with van der Waals surface area (Å²) >= 11 is 3.89. The van der Waals surface area contributed by atoms with Crippen molar-refractivity contribution >= 4 is 23.5 Å². The van der Waals surface area contributed by atoms with Gasteiger partial charge in [-0.3, -0.25) is 0 Å². The van der Waals surface area contributed by atoms with Gasteiger partial charge >= 0.3 is 0 Å². The molecule has 7 heavy (non-hydrogen) atoms. The minimum absolute atomic E-state index is 0.799. The van der Waals surface area contributed by atoms with E-state index < -0.39 is 0 Å². The molecule has 44 valence electrons. The van der Waals surface area contributed by atoms with Gasteiger partial charge in [0.2, 0.25) is 0 Å². The van der Waals surface area contributed by atoms with Crippen molar-refractivity contribution in [2.75, 3.05) is 11.3 Å². The Balaban J connectivity index is 2.68. The van der Waals surface area contributed by atoms with Gasteiger partial charge in [-0.15, -0.1) is 11.8 Å². The SMILES string of the molecule is CSCSC(C)C. The maximum atomic E-state index is 2.22. The summed E-state index contributed by atoms with van der Waals surface area (Å²) in [7, 11) is 0. The molecule has 0 N–H and O–H groups in total. The zero-order valence-electron chi connectivity index (χ0n) is 5.10. The molecule has 0 nitrogen and oxygen atoms in total. The third-order valence-corrected chi connectivity index (χ3v) is 2.67. The topological polar surface area (TPSA) is 0 Å². The van der Waals surface area contributed by atoms with Crippen molar-refractivity contribution in [3.8, 4) is 0 Å². The van der Waals surface area contributed by atoms with Crippen LogP contribution in [0.5, 0.6) is 0 Å². The third kappa shape index (κ3) is 6.70. The second-order valence-electron chi connectivity index (χ2n) is 1.62. The van der Waals surface area contributed by atoms with Gasteiger partial charge in [0.05, 0.1) is 0 Å². The highest BCUT2D eigenvalue weighted by molar-refractivity contribution is 8.15. The van der Waals surface area contributed by atoms with Gasteiger partial charge < -0.3 is 0 Å². The van der Waals surface area contributed by atoms with Crippen LogP contribution in [0, 0.1) is 0 Å². The summed E-state index contributed by atoms with van der Waals surface area (Å²) in [6.07, 6.45) is 2.13. The van der Waals surface area contributed by atoms with E-state index in [9.17, 15) is 0 Å². The van der Waals surface area contributed by atoms with Crippen molar-refractivity contribution in [1.82, 2.24) is 0 Å². The van der Waals surface area contributed by atoms with Gasteiger partial charge in [-0.25, -0.2) is 0 Å². The van der Waals surface area contributed by atoms with E-state index in [1.807, 2.05) is 23.5 Å². The van der Waals surface area contributed by atoms with Crippen LogP contribution >= 0.6 is 23.5 Å². The highest BCUT2D eigenvalue weighted by Crippen LogP contribution is 2.13. The lowest BCUT2D eigenvalue weighted by molar-refractivity contribution is 1.12. The van der Waals surface area contributed by atoms with Crippen molar-refractivity contribution in [3.63, 3.8) is 0 Å². The Kier molecular flexibility index (Phi) is 5.33. The summed E-state index contributed by atoms with van der Waals surface area (Å²) in [5.74, 6) is 0. The molecule has 2 heteroatoms. The fourth-order valence-electron chi connectivity index (χ4n) is 0.204. The van der Waals surface area contributed by atoms with Gasteiger partial charge in [0, 0.05) is 5.08 Å². The van der Waals surface area contributed by atoms with Gasteiger partial charge in [0.1, 0.15) is 0 Å². The van der Waals surface area contributed by atoms with Crippen LogP contribution in [-0.4, -0.2) is 16.6 Å². The molecule has 0 radical (unpaired) electrons. The van der Waals surface area contributed by atoms with Crippen LogP contribution in [0.1, 0.15) is 13.8 Å².